The number of hydrogen-bond donors (Lipinski definition) is 1. The van der Waals surface area contributed by atoms with Gasteiger partial charge in [-0.05, 0) is 17.7 Å². The van der Waals surface area contributed by atoms with Gasteiger partial charge in [-0.2, -0.15) is 0 Å². The number of carboxylic acids is 1. The van der Waals surface area contributed by atoms with Crippen LogP contribution in [0.3, 0.4) is 0 Å². The highest BCUT2D eigenvalue weighted by Crippen LogP contribution is 2.11. The van der Waals surface area contributed by atoms with Crippen LogP contribution in [0.2, 0.25) is 5.02 Å². The molecule has 1 aromatic heterocycles. The van der Waals surface area contributed by atoms with Gasteiger partial charge >= 0.3 is 5.97 Å². The van der Waals surface area contributed by atoms with E-state index in [-0.39, 0.29) is 5.69 Å². The summed E-state index contributed by atoms with van der Waals surface area (Å²) in [4.78, 5) is 10.8. The second-order valence-electron chi connectivity index (χ2n) is 3.21. The number of aromatic nitrogens is 3. The van der Waals surface area contributed by atoms with Crippen LogP contribution in [0.4, 0.5) is 0 Å². The third-order valence-electron chi connectivity index (χ3n) is 2.08. The molecule has 0 aliphatic rings. The number of aromatic carboxylic acids is 1. The molecule has 0 spiro atoms. The Morgan fingerprint density at radius 1 is 1.38 bits per heavy atom. The number of rotatable bonds is 3. The maximum absolute atomic E-state index is 10.8. The molecule has 2 aromatic rings. The molecule has 0 saturated heterocycles. The molecule has 0 amide bonds. The molecule has 0 unspecified atom stereocenters. The first-order chi connectivity index (χ1) is 7.66. The smallest absolute Gasteiger partial charge is 0.355 e. The van der Waals surface area contributed by atoms with E-state index >= 15 is 0 Å². The van der Waals surface area contributed by atoms with Gasteiger partial charge < -0.3 is 5.11 Å². The Balaban J connectivity index is 2.23. The Labute approximate surface area is 96.3 Å². The van der Waals surface area contributed by atoms with E-state index in [4.69, 9.17) is 16.7 Å². The van der Waals surface area contributed by atoms with Gasteiger partial charge in [0.2, 0.25) is 0 Å². The van der Waals surface area contributed by atoms with Crippen molar-refractivity contribution in [2.75, 3.05) is 0 Å². The van der Waals surface area contributed by atoms with Gasteiger partial charge in [-0.1, -0.05) is 28.9 Å². The molecule has 0 atom stereocenters. The lowest BCUT2D eigenvalue weighted by Gasteiger charge is -2.03. The van der Waals surface area contributed by atoms with Crippen LogP contribution in [-0.4, -0.2) is 26.1 Å². The maximum atomic E-state index is 10.8. The van der Waals surface area contributed by atoms with E-state index in [1.165, 1.54) is 10.9 Å². The second kappa shape index (κ2) is 4.32. The van der Waals surface area contributed by atoms with Gasteiger partial charge in [-0.25, -0.2) is 9.48 Å². The predicted molar refractivity (Wildman–Crippen MR) is 57.5 cm³/mol. The molecule has 0 bridgehead atoms. The minimum absolute atomic E-state index is 0.0648. The highest BCUT2D eigenvalue weighted by Gasteiger charge is 2.11. The number of carboxylic acid groups (broad SMARTS) is 1. The molecule has 0 aliphatic carbocycles. The molecule has 0 fully saturated rings. The summed E-state index contributed by atoms with van der Waals surface area (Å²) in [5.74, 6) is -1.04. The third-order valence-corrected chi connectivity index (χ3v) is 2.33. The van der Waals surface area contributed by atoms with E-state index in [1.807, 2.05) is 12.1 Å². The number of carbonyl (C=O) groups is 1. The lowest BCUT2D eigenvalue weighted by molar-refractivity contribution is 0.0684. The second-order valence-corrected chi connectivity index (χ2v) is 3.64. The highest BCUT2D eigenvalue weighted by molar-refractivity contribution is 6.30. The first-order valence-corrected chi connectivity index (χ1v) is 4.91. The standard InChI is InChI=1S/C10H8ClN3O2/c11-8-3-1-7(2-4-8)6-14-9(10(15)16)5-12-13-14/h1-5H,6H2,(H,15,16). The molecule has 1 N–H and O–H groups in total. The van der Waals surface area contributed by atoms with Crippen molar-refractivity contribution < 1.29 is 9.90 Å². The molecule has 1 aromatic carbocycles. The fraction of sp³-hybridized carbons (Fsp3) is 0.100. The predicted octanol–water partition coefficient (Wildman–Crippen LogP) is 1.68. The van der Waals surface area contributed by atoms with Gasteiger partial charge in [0, 0.05) is 5.02 Å². The van der Waals surface area contributed by atoms with Crippen molar-refractivity contribution in [1.82, 2.24) is 15.0 Å². The van der Waals surface area contributed by atoms with Gasteiger partial charge in [0.25, 0.3) is 0 Å². The zero-order valence-electron chi connectivity index (χ0n) is 8.17. The van der Waals surface area contributed by atoms with E-state index in [0.29, 0.717) is 11.6 Å². The molecule has 0 saturated carbocycles. The number of hydrogen-bond acceptors (Lipinski definition) is 3. The topological polar surface area (TPSA) is 68.0 Å². The van der Waals surface area contributed by atoms with Crippen molar-refractivity contribution in [2.24, 2.45) is 0 Å². The van der Waals surface area contributed by atoms with Crippen molar-refractivity contribution >= 4 is 17.6 Å². The Morgan fingerprint density at radius 3 is 2.69 bits per heavy atom. The zero-order chi connectivity index (χ0) is 11.5. The fourth-order valence-electron chi connectivity index (χ4n) is 1.30. The van der Waals surface area contributed by atoms with Crippen molar-refractivity contribution in [2.45, 2.75) is 6.54 Å². The fourth-order valence-corrected chi connectivity index (χ4v) is 1.43. The summed E-state index contributed by atoms with van der Waals surface area (Å²) in [7, 11) is 0. The normalized spacial score (nSPS) is 10.3. The summed E-state index contributed by atoms with van der Waals surface area (Å²) in [5, 5.41) is 16.8. The highest BCUT2D eigenvalue weighted by atomic mass is 35.5. The first kappa shape index (κ1) is 10.6. The van der Waals surface area contributed by atoms with Gasteiger partial charge in [0.05, 0.1) is 12.7 Å². The average molecular weight is 238 g/mol. The summed E-state index contributed by atoms with van der Waals surface area (Å²) < 4.78 is 1.32. The van der Waals surface area contributed by atoms with Crippen LogP contribution in [0.25, 0.3) is 0 Å². The summed E-state index contributed by atoms with van der Waals surface area (Å²) in [6, 6.07) is 7.12. The quantitative estimate of drug-likeness (QED) is 0.882. The van der Waals surface area contributed by atoms with E-state index in [2.05, 4.69) is 10.3 Å². The van der Waals surface area contributed by atoms with E-state index in [1.54, 1.807) is 12.1 Å². The van der Waals surface area contributed by atoms with Crippen LogP contribution in [0.1, 0.15) is 16.1 Å². The third kappa shape index (κ3) is 2.20. The van der Waals surface area contributed by atoms with E-state index in [0.717, 1.165) is 5.56 Å². The van der Waals surface area contributed by atoms with E-state index < -0.39 is 5.97 Å². The average Bonchev–Trinajstić information content (AvgIpc) is 2.69. The minimum Gasteiger partial charge on any atom is -0.476 e. The molecular weight excluding hydrogens is 230 g/mol. The number of benzene rings is 1. The molecule has 6 heteroatoms. The van der Waals surface area contributed by atoms with Crippen LogP contribution in [0.15, 0.2) is 30.5 Å². The molecule has 2 rings (SSSR count). The lowest BCUT2D eigenvalue weighted by atomic mass is 10.2. The molecule has 0 radical (unpaired) electrons. The van der Waals surface area contributed by atoms with Crippen molar-refractivity contribution in [3.63, 3.8) is 0 Å². The molecular formula is C10H8ClN3O2. The zero-order valence-corrected chi connectivity index (χ0v) is 8.92. The molecule has 1 heterocycles. The molecule has 82 valence electrons. The van der Waals surface area contributed by atoms with E-state index in [9.17, 15) is 4.79 Å². The van der Waals surface area contributed by atoms with Gasteiger partial charge in [-0.15, -0.1) is 5.10 Å². The summed E-state index contributed by atoms with van der Waals surface area (Å²) in [6.07, 6.45) is 1.22. The Bertz CT molecular complexity index is 507. The van der Waals surface area contributed by atoms with Crippen molar-refractivity contribution in [3.05, 3.63) is 46.7 Å². The summed E-state index contributed by atoms with van der Waals surface area (Å²) in [5.41, 5.74) is 0.979. The van der Waals surface area contributed by atoms with Gasteiger partial charge in [-0.3, -0.25) is 0 Å². The van der Waals surface area contributed by atoms with Crippen molar-refractivity contribution in [3.8, 4) is 0 Å². The Kier molecular flexibility index (Phi) is 2.87. The number of nitrogens with zero attached hydrogens (tertiary/aromatic N) is 3. The van der Waals surface area contributed by atoms with Crippen molar-refractivity contribution in [1.29, 1.82) is 0 Å². The van der Waals surface area contributed by atoms with Gasteiger partial charge in [0.1, 0.15) is 0 Å². The molecule has 16 heavy (non-hydrogen) atoms. The van der Waals surface area contributed by atoms with Crippen LogP contribution in [-0.2, 0) is 6.54 Å². The monoisotopic (exact) mass is 237 g/mol. The van der Waals surface area contributed by atoms with Crippen LogP contribution < -0.4 is 0 Å². The van der Waals surface area contributed by atoms with Crippen LogP contribution in [0.5, 0.6) is 0 Å². The van der Waals surface area contributed by atoms with Crippen LogP contribution in [0, 0.1) is 0 Å². The Hall–Kier alpha value is -1.88. The molecule has 0 aliphatic heterocycles. The Morgan fingerprint density at radius 2 is 2.06 bits per heavy atom. The van der Waals surface area contributed by atoms with Crippen LogP contribution >= 0.6 is 11.6 Å². The molecule has 5 nitrogen and oxygen atoms in total. The number of halogens is 1. The lowest BCUT2D eigenvalue weighted by Crippen LogP contribution is -2.10. The summed E-state index contributed by atoms with van der Waals surface area (Å²) >= 11 is 5.75. The largest absolute Gasteiger partial charge is 0.476 e. The minimum atomic E-state index is -1.04. The first-order valence-electron chi connectivity index (χ1n) is 4.53. The SMILES string of the molecule is O=C(O)c1cnnn1Cc1ccc(Cl)cc1. The summed E-state index contributed by atoms with van der Waals surface area (Å²) in [6.45, 7) is 0.360. The van der Waals surface area contributed by atoms with Gasteiger partial charge in [0.15, 0.2) is 5.69 Å². The maximum Gasteiger partial charge on any atom is 0.355 e.